The molecule has 1 amide bonds. The first-order valence-electron chi connectivity index (χ1n) is 7.83. The van der Waals surface area contributed by atoms with Crippen molar-refractivity contribution in [3.8, 4) is 0 Å². The predicted octanol–water partition coefficient (Wildman–Crippen LogP) is 1.73. The van der Waals surface area contributed by atoms with E-state index in [2.05, 4.69) is 0 Å². The van der Waals surface area contributed by atoms with Crippen LogP contribution in [0.4, 0.5) is 0 Å². The summed E-state index contributed by atoms with van der Waals surface area (Å²) in [6.07, 6.45) is 2.19. The number of hydrogen-bond donors (Lipinski definition) is 1. The first kappa shape index (κ1) is 17.0. The third kappa shape index (κ3) is 3.90. The van der Waals surface area contributed by atoms with E-state index in [-0.39, 0.29) is 5.91 Å². The zero-order chi connectivity index (χ0) is 16.4. The third-order valence-corrected chi connectivity index (χ3v) is 4.51. The highest BCUT2D eigenvalue weighted by atomic mass is 16.5. The largest absolute Gasteiger partial charge is 0.427 e. The topological polar surface area (TPSA) is 49.8 Å². The van der Waals surface area contributed by atoms with Gasteiger partial charge in [-0.25, -0.2) is 0 Å². The van der Waals surface area contributed by atoms with E-state index < -0.39 is 11.2 Å². The molecular formula is C17H25BNO3. The van der Waals surface area contributed by atoms with Gasteiger partial charge in [-0.2, -0.15) is 0 Å². The van der Waals surface area contributed by atoms with Crippen molar-refractivity contribution >= 4 is 18.9 Å². The van der Waals surface area contributed by atoms with Crippen LogP contribution in [0.1, 0.15) is 50.9 Å². The lowest BCUT2D eigenvalue weighted by Crippen LogP contribution is -2.49. The number of carbonyl (C=O) groups excluding carboxylic acids is 1. The van der Waals surface area contributed by atoms with E-state index in [9.17, 15) is 9.90 Å². The summed E-state index contributed by atoms with van der Waals surface area (Å²) in [6.45, 7) is 8.84. The molecule has 1 fully saturated rings. The summed E-state index contributed by atoms with van der Waals surface area (Å²) in [4.78, 5) is 14.2. The lowest BCUT2D eigenvalue weighted by atomic mass is 9.82. The van der Waals surface area contributed by atoms with Crippen LogP contribution in [0, 0.1) is 0 Å². The van der Waals surface area contributed by atoms with E-state index in [0.717, 1.165) is 31.4 Å². The molecule has 119 valence electrons. The molecule has 0 spiro atoms. The zero-order valence-electron chi connectivity index (χ0n) is 13.9. The van der Waals surface area contributed by atoms with Gasteiger partial charge >= 0.3 is 7.48 Å². The summed E-state index contributed by atoms with van der Waals surface area (Å²) in [5, 5.41) is 10.1. The van der Waals surface area contributed by atoms with E-state index in [4.69, 9.17) is 4.65 Å². The van der Waals surface area contributed by atoms with Crippen LogP contribution >= 0.6 is 0 Å². The Morgan fingerprint density at radius 1 is 1.14 bits per heavy atom. The number of aliphatic hydroxyl groups is 1. The van der Waals surface area contributed by atoms with Gasteiger partial charge in [0.2, 0.25) is 0 Å². The van der Waals surface area contributed by atoms with Gasteiger partial charge in [-0.1, -0.05) is 17.6 Å². The van der Waals surface area contributed by atoms with Crippen molar-refractivity contribution in [2.24, 2.45) is 0 Å². The number of benzene rings is 1. The van der Waals surface area contributed by atoms with E-state index >= 15 is 0 Å². The average Bonchev–Trinajstić information content (AvgIpc) is 2.98. The van der Waals surface area contributed by atoms with Crippen molar-refractivity contribution in [1.82, 2.24) is 4.90 Å². The molecule has 22 heavy (non-hydrogen) atoms. The number of carbonyl (C=O) groups is 1. The van der Waals surface area contributed by atoms with Crippen LogP contribution in [0.25, 0.3) is 0 Å². The fourth-order valence-electron chi connectivity index (χ4n) is 2.17. The van der Waals surface area contributed by atoms with Crippen LogP contribution in [0.2, 0.25) is 0 Å². The highest BCUT2D eigenvalue weighted by Crippen LogP contribution is 2.24. The molecule has 1 aliphatic rings. The Kier molecular flexibility index (Phi) is 4.98. The van der Waals surface area contributed by atoms with Crippen LogP contribution in [0.5, 0.6) is 0 Å². The van der Waals surface area contributed by atoms with Crippen LogP contribution in [-0.4, -0.2) is 47.7 Å². The first-order chi connectivity index (χ1) is 10.2. The Morgan fingerprint density at radius 2 is 1.68 bits per heavy atom. The standard InChI is InChI=1S/C17H25BNO3/c1-16(2,21)17(3,4)22-18-14-9-7-13(8-10-14)15(20)19-11-5-6-12-19/h7-10,21H,5-6,11-12H2,1-4H3. The second kappa shape index (κ2) is 6.43. The van der Waals surface area contributed by atoms with Crippen LogP contribution in [0.3, 0.4) is 0 Å². The summed E-state index contributed by atoms with van der Waals surface area (Å²) in [5.41, 5.74) is -0.0669. The molecule has 5 heteroatoms. The molecule has 4 nitrogen and oxygen atoms in total. The van der Waals surface area contributed by atoms with Crippen LogP contribution in [-0.2, 0) is 4.65 Å². The van der Waals surface area contributed by atoms with Gasteiger partial charge in [-0.15, -0.1) is 0 Å². The lowest BCUT2D eigenvalue weighted by molar-refractivity contribution is -0.0893. The molecule has 0 aromatic heterocycles. The van der Waals surface area contributed by atoms with Gasteiger partial charge in [0.05, 0.1) is 11.2 Å². The monoisotopic (exact) mass is 302 g/mol. The van der Waals surface area contributed by atoms with Gasteiger partial charge in [0.15, 0.2) is 0 Å². The van der Waals surface area contributed by atoms with Crippen molar-refractivity contribution in [1.29, 1.82) is 0 Å². The Bertz CT molecular complexity index is 514. The molecule has 1 aromatic rings. The summed E-state index contributed by atoms with van der Waals surface area (Å²) < 4.78 is 5.71. The first-order valence-corrected chi connectivity index (χ1v) is 7.83. The van der Waals surface area contributed by atoms with E-state index in [1.807, 2.05) is 43.0 Å². The Labute approximate surface area is 133 Å². The maximum atomic E-state index is 12.3. The van der Waals surface area contributed by atoms with Crippen molar-refractivity contribution in [3.05, 3.63) is 29.8 Å². The number of hydrogen-bond acceptors (Lipinski definition) is 3. The normalized spacial score (nSPS) is 16.0. The summed E-state index contributed by atoms with van der Waals surface area (Å²) in [6, 6.07) is 7.38. The van der Waals surface area contributed by atoms with Crippen molar-refractivity contribution in [2.75, 3.05) is 13.1 Å². The summed E-state index contributed by atoms with van der Waals surface area (Å²) in [7, 11) is 1.63. The second-order valence-electron chi connectivity index (χ2n) is 6.93. The number of amides is 1. The number of nitrogens with zero attached hydrogens (tertiary/aromatic N) is 1. The molecule has 0 aliphatic carbocycles. The van der Waals surface area contributed by atoms with Crippen molar-refractivity contribution in [3.63, 3.8) is 0 Å². The van der Waals surface area contributed by atoms with Gasteiger partial charge in [0.1, 0.15) is 0 Å². The smallest absolute Gasteiger partial charge is 0.330 e. The zero-order valence-corrected chi connectivity index (χ0v) is 13.9. The molecule has 1 radical (unpaired) electrons. The predicted molar refractivity (Wildman–Crippen MR) is 88.4 cm³/mol. The Hall–Kier alpha value is -1.33. The minimum atomic E-state index is -0.949. The fourth-order valence-corrected chi connectivity index (χ4v) is 2.17. The molecule has 0 bridgehead atoms. The highest BCUT2D eigenvalue weighted by Gasteiger charge is 2.35. The fraction of sp³-hybridized carbons (Fsp3) is 0.588. The molecule has 0 atom stereocenters. The van der Waals surface area contributed by atoms with Gasteiger partial charge in [0.25, 0.3) is 5.91 Å². The van der Waals surface area contributed by atoms with Crippen molar-refractivity contribution < 1.29 is 14.6 Å². The molecule has 2 rings (SSSR count). The van der Waals surface area contributed by atoms with Gasteiger partial charge in [-0.3, -0.25) is 4.79 Å². The Balaban J connectivity index is 1.96. The average molecular weight is 302 g/mol. The molecule has 1 aliphatic heterocycles. The quantitative estimate of drug-likeness (QED) is 0.843. The second-order valence-corrected chi connectivity index (χ2v) is 6.93. The minimum Gasteiger partial charge on any atom is -0.427 e. The van der Waals surface area contributed by atoms with Crippen molar-refractivity contribution in [2.45, 2.75) is 51.7 Å². The van der Waals surface area contributed by atoms with Gasteiger partial charge in [0, 0.05) is 18.7 Å². The molecule has 1 N–H and O–H groups in total. The molecule has 1 heterocycles. The minimum absolute atomic E-state index is 0.0989. The summed E-state index contributed by atoms with van der Waals surface area (Å²) in [5.74, 6) is 0.0989. The molecule has 1 aromatic carbocycles. The molecular weight excluding hydrogens is 277 g/mol. The van der Waals surface area contributed by atoms with Gasteiger partial charge in [-0.05, 0) is 52.7 Å². The van der Waals surface area contributed by atoms with E-state index in [0.29, 0.717) is 5.56 Å². The number of likely N-dealkylation sites (tertiary alicyclic amines) is 1. The lowest BCUT2D eigenvalue weighted by Gasteiger charge is -2.37. The number of rotatable bonds is 5. The maximum absolute atomic E-state index is 12.3. The molecule has 0 saturated carbocycles. The Morgan fingerprint density at radius 3 is 2.18 bits per heavy atom. The summed E-state index contributed by atoms with van der Waals surface area (Å²) >= 11 is 0. The van der Waals surface area contributed by atoms with Crippen LogP contribution in [0.15, 0.2) is 24.3 Å². The SMILES string of the molecule is CC(C)(O)C(C)(C)O[B]c1ccc(C(=O)N2CCCC2)cc1. The maximum Gasteiger partial charge on any atom is 0.330 e. The molecule has 0 unspecified atom stereocenters. The van der Waals surface area contributed by atoms with Gasteiger partial charge < -0.3 is 14.7 Å². The van der Waals surface area contributed by atoms with Crippen LogP contribution < -0.4 is 5.46 Å². The van der Waals surface area contributed by atoms with E-state index in [1.165, 1.54) is 0 Å². The highest BCUT2D eigenvalue weighted by molar-refractivity contribution is 6.47. The van der Waals surface area contributed by atoms with E-state index in [1.54, 1.807) is 21.3 Å². The third-order valence-electron chi connectivity index (χ3n) is 4.51. The molecule has 1 saturated heterocycles.